The Morgan fingerprint density at radius 1 is 1.40 bits per heavy atom. The Morgan fingerprint density at radius 3 is 2.50 bits per heavy atom. The maximum Gasteiger partial charge on any atom is 0.416 e. The van der Waals surface area contributed by atoms with Crippen molar-refractivity contribution in [1.29, 1.82) is 0 Å². The summed E-state index contributed by atoms with van der Waals surface area (Å²) >= 11 is 0. The molecule has 0 aliphatic heterocycles. The summed E-state index contributed by atoms with van der Waals surface area (Å²) in [7, 11) is 1.06. The molecule has 1 aromatic rings. The van der Waals surface area contributed by atoms with E-state index < -0.39 is 41.9 Å². The average molecular weight is 293 g/mol. The lowest BCUT2D eigenvalue weighted by Gasteiger charge is -2.22. The lowest BCUT2D eigenvalue weighted by Crippen LogP contribution is -2.26. The van der Waals surface area contributed by atoms with Gasteiger partial charge in [0.15, 0.2) is 0 Å². The number of benzene rings is 1. The maximum atomic E-state index is 12.8. The van der Waals surface area contributed by atoms with Gasteiger partial charge in [-0.2, -0.15) is 13.2 Å². The summed E-state index contributed by atoms with van der Waals surface area (Å²) in [6.45, 7) is 0. The first-order valence-electron chi connectivity index (χ1n) is 5.57. The maximum absolute atomic E-state index is 12.8. The molecular weight excluding hydrogens is 279 g/mol. The summed E-state index contributed by atoms with van der Waals surface area (Å²) in [5.74, 6) is -0.861. The van der Waals surface area contributed by atoms with Crippen LogP contribution in [0.4, 0.5) is 18.9 Å². The molecule has 8 heteroatoms. The first kappa shape index (κ1) is 16.3. The fourth-order valence-electron chi connectivity index (χ4n) is 1.72. The minimum Gasteiger partial charge on any atom is -0.469 e. The minimum absolute atomic E-state index is 0.323. The Bertz CT molecular complexity index is 490. The number of hydrogen-bond acceptors (Lipinski definition) is 5. The Morgan fingerprint density at radius 2 is 2.00 bits per heavy atom. The van der Waals surface area contributed by atoms with Crippen LogP contribution >= 0.6 is 0 Å². The fourth-order valence-corrected chi connectivity index (χ4v) is 1.72. The number of nitrogen functional groups attached to an aromatic ring is 1. The van der Waals surface area contributed by atoms with Gasteiger partial charge >= 0.3 is 12.1 Å². The van der Waals surface area contributed by atoms with Gasteiger partial charge in [-0.05, 0) is 12.1 Å². The number of methoxy groups -OCH3 is 1. The molecule has 0 spiro atoms. The molecule has 0 aromatic heterocycles. The van der Waals surface area contributed by atoms with E-state index in [2.05, 4.69) is 4.74 Å². The highest BCUT2D eigenvalue weighted by atomic mass is 19.4. The van der Waals surface area contributed by atoms with Crippen molar-refractivity contribution in [2.24, 2.45) is 0 Å². The predicted molar refractivity (Wildman–Crippen MR) is 63.5 cm³/mol. The number of ether oxygens (including phenoxy) is 1. The van der Waals surface area contributed by atoms with Gasteiger partial charge in [0.2, 0.25) is 0 Å². The number of anilines is 1. The van der Waals surface area contributed by atoms with E-state index in [9.17, 15) is 28.2 Å². The summed E-state index contributed by atoms with van der Waals surface area (Å²) < 4.78 is 42.8. The molecule has 2 atom stereocenters. The molecule has 0 saturated carbocycles. The molecule has 0 bridgehead atoms. The molecule has 0 aliphatic rings. The molecular formula is C12H14F3NO4. The number of nitrogens with two attached hydrogens (primary N) is 1. The number of esters is 1. The summed E-state index contributed by atoms with van der Waals surface area (Å²) in [4.78, 5) is 11.0. The molecule has 1 rings (SSSR count). The van der Waals surface area contributed by atoms with Gasteiger partial charge in [-0.25, -0.2) is 0 Å². The number of halogens is 3. The molecule has 0 aliphatic carbocycles. The van der Waals surface area contributed by atoms with Crippen molar-refractivity contribution in [3.8, 4) is 0 Å². The summed E-state index contributed by atoms with van der Waals surface area (Å²) in [6, 6.07) is 2.99. The second kappa shape index (κ2) is 6.10. The molecule has 2 unspecified atom stereocenters. The van der Waals surface area contributed by atoms with Crippen molar-refractivity contribution in [1.82, 2.24) is 0 Å². The van der Waals surface area contributed by atoms with E-state index in [1.54, 1.807) is 0 Å². The van der Waals surface area contributed by atoms with Gasteiger partial charge in [-0.15, -0.1) is 0 Å². The lowest BCUT2D eigenvalue weighted by atomic mass is 9.95. The zero-order valence-electron chi connectivity index (χ0n) is 10.5. The van der Waals surface area contributed by atoms with E-state index >= 15 is 0 Å². The SMILES string of the molecule is COC(=O)CC(O)C(O)c1c(N)cccc1C(F)(F)F. The molecule has 112 valence electrons. The molecule has 4 N–H and O–H groups in total. The minimum atomic E-state index is -4.74. The van der Waals surface area contributed by atoms with Crippen LogP contribution in [-0.4, -0.2) is 29.4 Å². The van der Waals surface area contributed by atoms with Crippen molar-refractivity contribution in [3.05, 3.63) is 29.3 Å². The topological polar surface area (TPSA) is 92.8 Å². The van der Waals surface area contributed by atoms with Crippen LogP contribution in [0.15, 0.2) is 18.2 Å². The first-order valence-corrected chi connectivity index (χ1v) is 5.57. The molecule has 0 heterocycles. The van der Waals surface area contributed by atoms with E-state index in [-0.39, 0.29) is 5.69 Å². The van der Waals surface area contributed by atoms with Crippen molar-refractivity contribution >= 4 is 11.7 Å². The lowest BCUT2D eigenvalue weighted by molar-refractivity contribution is -0.145. The highest BCUT2D eigenvalue weighted by Gasteiger charge is 2.37. The number of carbonyl (C=O) groups excluding carboxylic acids is 1. The Labute approximate surface area is 112 Å². The number of aliphatic hydroxyl groups is 2. The second-order valence-electron chi connectivity index (χ2n) is 4.10. The number of aliphatic hydroxyl groups excluding tert-OH is 2. The molecule has 0 amide bonds. The highest BCUT2D eigenvalue weighted by molar-refractivity contribution is 5.70. The van der Waals surface area contributed by atoms with Crippen molar-refractivity contribution in [3.63, 3.8) is 0 Å². The van der Waals surface area contributed by atoms with Crippen molar-refractivity contribution < 1.29 is 32.9 Å². The van der Waals surface area contributed by atoms with Gasteiger partial charge in [-0.3, -0.25) is 4.79 Å². The van der Waals surface area contributed by atoms with Gasteiger partial charge < -0.3 is 20.7 Å². The van der Waals surface area contributed by atoms with Gasteiger partial charge in [0.05, 0.1) is 25.2 Å². The van der Waals surface area contributed by atoms with Crippen LogP contribution in [0.5, 0.6) is 0 Å². The Hall–Kier alpha value is -1.80. The Kier molecular flexibility index (Phi) is 4.96. The van der Waals surface area contributed by atoms with Crippen LogP contribution in [0, 0.1) is 0 Å². The third-order valence-electron chi connectivity index (χ3n) is 2.71. The van der Waals surface area contributed by atoms with Gasteiger partial charge in [-0.1, -0.05) is 6.07 Å². The van der Waals surface area contributed by atoms with Crippen molar-refractivity contribution in [2.75, 3.05) is 12.8 Å². The zero-order chi connectivity index (χ0) is 15.5. The van der Waals surface area contributed by atoms with E-state index in [0.717, 1.165) is 19.2 Å². The van der Waals surface area contributed by atoms with Crippen LogP contribution in [-0.2, 0) is 15.7 Å². The normalized spacial score (nSPS) is 14.7. The molecule has 5 nitrogen and oxygen atoms in total. The number of alkyl halides is 3. The van der Waals surface area contributed by atoms with Crippen molar-refractivity contribution in [2.45, 2.75) is 24.8 Å². The second-order valence-corrected chi connectivity index (χ2v) is 4.10. The molecule has 0 saturated heterocycles. The third kappa shape index (κ3) is 3.61. The van der Waals surface area contributed by atoms with Gasteiger partial charge in [0.25, 0.3) is 0 Å². The van der Waals surface area contributed by atoms with Crippen LogP contribution in [0.2, 0.25) is 0 Å². The molecule has 0 fully saturated rings. The van der Waals surface area contributed by atoms with Crippen LogP contribution in [0.3, 0.4) is 0 Å². The van der Waals surface area contributed by atoms with Crippen LogP contribution in [0.1, 0.15) is 23.7 Å². The standard InChI is InChI=1S/C12H14F3NO4/c1-20-9(18)5-8(17)11(19)10-6(12(13,14)15)3-2-4-7(10)16/h2-4,8,11,17,19H,5,16H2,1H3. The first-order chi connectivity index (χ1) is 9.18. The van der Waals surface area contributed by atoms with Crippen LogP contribution in [0.25, 0.3) is 0 Å². The van der Waals surface area contributed by atoms with Crippen LogP contribution < -0.4 is 5.73 Å². The molecule has 20 heavy (non-hydrogen) atoms. The van der Waals surface area contributed by atoms with E-state index in [1.807, 2.05) is 0 Å². The zero-order valence-corrected chi connectivity index (χ0v) is 10.5. The van der Waals surface area contributed by atoms with E-state index in [1.165, 1.54) is 6.07 Å². The number of hydrogen-bond donors (Lipinski definition) is 3. The van der Waals surface area contributed by atoms with E-state index in [0.29, 0.717) is 0 Å². The quantitative estimate of drug-likeness (QED) is 0.574. The summed E-state index contributed by atoms with van der Waals surface area (Å²) in [5.41, 5.74) is 3.30. The number of carbonyl (C=O) groups is 1. The number of rotatable bonds is 4. The van der Waals surface area contributed by atoms with Gasteiger partial charge in [0, 0.05) is 11.3 Å². The van der Waals surface area contributed by atoms with E-state index in [4.69, 9.17) is 5.73 Å². The Balaban J connectivity index is 3.15. The fraction of sp³-hybridized carbons (Fsp3) is 0.417. The monoisotopic (exact) mass is 293 g/mol. The third-order valence-corrected chi connectivity index (χ3v) is 2.71. The largest absolute Gasteiger partial charge is 0.469 e. The summed E-state index contributed by atoms with van der Waals surface area (Å²) in [5, 5.41) is 19.4. The van der Waals surface area contributed by atoms with Gasteiger partial charge in [0.1, 0.15) is 6.10 Å². The molecule has 0 radical (unpaired) electrons. The predicted octanol–water partition coefficient (Wildman–Crippen LogP) is 1.25. The molecule has 1 aromatic carbocycles. The smallest absolute Gasteiger partial charge is 0.416 e. The summed E-state index contributed by atoms with van der Waals surface area (Å²) in [6.07, 6.45) is -9.10. The average Bonchev–Trinajstić information content (AvgIpc) is 2.36. The highest BCUT2D eigenvalue weighted by Crippen LogP contribution is 2.38.